The van der Waals surface area contributed by atoms with Crippen LogP contribution in [-0.4, -0.2) is 20.4 Å². The Kier molecular flexibility index (Phi) is 5.50. The van der Waals surface area contributed by atoms with Gasteiger partial charge in [-0.1, -0.05) is 49.2 Å². The lowest BCUT2D eigenvalue weighted by Gasteiger charge is -2.13. The van der Waals surface area contributed by atoms with E-state index in [1.54, 1.807) is 12.1 Å². The SMILES string of the molecule is O=C(NCc1ccccc1)c1cccc(S(=O)(=O)NC2CCCC2)c1. The standard InChI is InChI=1S/C19H22N2O3S/c22-19(20-14-15-7-2-1-3-8-15)16-9-6-12-18(13-16)25(23,24)21-17-10-4-5-11-17/h1-3,6-9,12-13,17,21H,4-5,10-11,14H2,(H,20,22). The summed E-state index contributed by atoms with van der Waals surface area (Å²) in [6.07, 6.45) is 3.84. The highest BCUT2D eigenvalue weighted by molar-refractivity contribution is 7.89. The molecule has 0 aromatic heterocycles. The molecule has 1 fully saturated rings. The Balaban J connectivity index is 1.68. The average Bonchev–Trinajstić information content (AvgIpc) is 3.13. The van der Waals surface area contributed by atoms with Gasteiger partial charge in [-0.05, 0) is 36.6 Å². The van der Waals surface area contributed by atoms with Gasteiger partial charge in [0.1, 0.15) is 0 Å². The molecule has 0 radical (unpaired) electrons. The largest absolute Gasteiger partial charge is 0.348 e. The first kappa shape index (κ1) is 17.6. The molecule has 0 heterocycles. The molecule has 0 aliphatic heterocycles. The summed E-state index contributed by atoms with van der Waals surface area (Å²) >= 11 is 0. The summed E-state index contributed by atoms with van der Waals surface area (Å²) in [7, 11) is -3.60. The third-order valence-corrected chi connectivity index (χ3v) is 5.90. The van der Waals surface area contributed by atoms with Crippen molar-refractivity contribution >= 4 is 15.9 Å². The summed E-state index contributed by atoms with van der Waals surface area (Å²) in [5, 5.41) is 2.81. The maximum atomic E-state index is 12.5. The fourth-order valence-electron chi connectivity index (χ4n) is 3.02. The molecule has 132 valence electrons. The normalized spacial score (nSPS) is 15.2. The van der Waals surface area contributed by atoms with Crippen molar-refractivity contribution in [2.45, 2.75) is 43.2 Å². The van der Waals surface area contributed by atoms with E-state index >= 15 is 0 Å². The van der Waals surface area contributed by atoms with Crippen molar-refractivity contribution in [3.8, 4) is 0 Å². The second kappa shape index (κ2) is 7.80. The second-order valence-electron chi connectivity index (χ2n) is 6.30. The van der Waals surface area contributed by atoms with E-state index in [9.17, 15) is 13.2 Å². The van der Waals surface area contributed by atoms with Crippen LogP contribution >= 0.6 is 0 Å². The van der Waals surface area contributed by atoms with Gasteiger partial charge in [0.15, 0.2) is 0 Å². The monoisotopic (exact) mass is 358 g/mol. The molecule has 3 rings (SSSR count). The van der Waals surface area contributed by atoms with Gasteiger partial charge in [0, 0.05) is 18.2 Å². The molecule has 1 aliphatic carbocycles. The maximum Gasteiger partial charge on any atom is 0.251 e. The van der Waals surface area contributed by atoms with Gasteiger partial charge in [0.05, 0.1) is 4.90 Å². The minimum atomic E-state index is -3.60. The predicted octanol–water partition coefficient (Wildman–Crippen LogP) is 2.84. The Hall–Kier alpha value is -2.18. The summed E-state index contributed by atoms with van der Waals surface area (Å²) in [6, 6.07) is 15.7. The van der Waals surface area contributed by atoms with E-state index < -0.39 is 10.0 Å². The van der Waals surface area contributed by atoms with E-state index in [0.717, 1.165) is 31.2 Å². The van der Waals surface area contributed by atoms with Crippen LogP contribution in [0.25, 0.3) is 0 Å². The van der Waals surface area contributed by atoms with Crippen LogP contribution in [0.2, 0.25) is 0 Å². The number of rotatable bonds is 6. The zero-order chi connectivity index (χ0) is 17.7. The van der Waals surface area contributed by atoms with Gasteiger partial charge in [-0.2, -0.15) is 0 Å². The number of hydrogen-bond acceptors (Lipinski definition) is 3. The van der Waals surface area contributed by atoms with Crippen LogP contribution < -0.4 is 10.0 Å². The van der Waals surface area contributed by atoms with E-state index in [1.165, 1.54) is 12.1 Å². The van der Waals surface area contributed by atoms with Crippen LogP contribution in [0.1, 0.15) is 41.6 Å². The molecule has 0 saturated heterocycles. The Labute approximate surface area is 148 Å². The number of benzene rings is 2. The van der Waals surface area contributed by atoms with Gasteiger partial charge in [-0.15, -0.1) is 0 Å². The smallest absolute Gasteiger partial charge is 0.251 e. The van der Waals surface area contributed by atoms with Crippen LogP contribution in [0.3, 0.4) is 0 Å². The number of nitrogens with one attached hydrogen (secondary N) is 2. The molecular formula is C19H22N2O3S. The van der Waals surface area contributed by atoms with E-state index in [1.807, 2.05) is 30.3 Å². The first-order valence-electron chi connectivity index (χ1n) is 8.49. The molecule has 1 saturated carbocycles. The molecule has 2 aromatic carbocycles. The number of sulfonamides is 1. The third kappa shape index (κ3) is 4.67. The van der Waals surface area contributed by atoms with Gasteiger partial charge in [0.2, 0.25) is 10.0 Å². The molecule has 1 aliphatic rings. The summed E-state index contributed by atoms with van der Waals surface area (Å²) in [5.41, 5.74) is 1.33. The van der Waals surface area contributed by atoms with E-state index in [-0.39, 0.29) is 16.8 Å². The molecule has 2 N–H and O–H groups in total. The highest BCUT2D eigenvalue weighted by Gasteiger charge is 2.23. The Morgan fingerprint density at radius 2 is 1.72 bits per heavy atom. The Bertz CT molecular complexity index is 829. The number of amides is 1. The van der Waals surface area contributed by atoms with Crippen molar-refractivity contribution in [1.82, 2.24) is 10.0 Å². The average molecular weight is 358 g/mol. The van der Waals surface area contributed by atoms with Crippen molar-refractivity contribution in [3.63, 3.8) is 0 Å². The van der Waals surface area contributed by atoms with Gasteiger partial charge < -0.3 is 5.32 Å². The van der Waals surface area contributed by atoms with Crippen molar-refractivity contribution in [3.05, 3.63) is 65.7 Å². The molecule has 2 aromatic rings. The summed E-state index contributed by atoms with van der Waals surface area (Å²) in [4.78, 5) is 12.4. The molecule has 1 amide bonds. The Morgan fingerprint density at radius 3 is 2.44 bits per heavy atom. The molecule has 0 unspecified atom stereocenters. The number of carbonyl (C=O) groups excluding carboxylic acids is 1. The predicted molar refractivity (Wildman–Crippen MR) is 96.6 cm³/mol. The minimum absolute atomic E-state index is 0.000522. The molecule has 5 nitrogen and oxygen atoms in total. The van der Waals surface area contributed by atoms with Crippen LogP contribution in [0.5, 0.6) is 0 Å². The Morgan fingerprint density at radius 1 is 1.00 bits per heavy atom. The van der Waals surface area contributed by atoms with Crippen LogP contribution in [0.15, 0.2) is 59.5 Å². The van der Waals surface area contributed by atoms with Crippen LogP contribution in [-0.2, 0) is 16.6 Å². The molecular weight excluding hydrogens is 336 g/mol. The van der Waals surface area contributed by atoms with Gasteiger partial charge in [-0.25, -0.2) is 13.1 Å². The summed E-state index contributed by atoms with van der Waals surface area (Å²) in [6.45, 7) is 0.400. The third-order valence-electron chi connectivity index (χ3n) is 4.38. The first-order valence-corrected chi connectivity index (χ1v) is 9.97. The lowest BCUT2D eigenvalue weighted by atomic mass is 10.2. The van der Waals surface area contributed by atoms with Crippen molar-refractivity contribution < 1.29 is 13.2 Å². The van der Waals surface area contributed by atoms with Crippen molar-refractivity contribution in [1.29, 1.82) is 0 Å². The molecule has 6 heteroatoms. The molecule has 25 heavy (non-hydrogen) atoms. The van der Waals surface area contributed by atoms with E-state index in [2.05, 4.69) is 10.0 Å². The number of hydrogen-bond donors (Lipinski definition) is 2. The summed E-state index contributed by atoms with van der Waals surface area (Å²) in [5.74, 6) is -0.290. The van der Waals surface area contributed by atoms with Crippen molar-refractivity contribution in [2.75, 3.05) is 0 Å². The maximum absolute atomic E-state index is 12.5. The zero-order valence-corrected chi connectivity index (χ0v) is 14.8. The highest BCUT2D eigenvalue weighted by atomic mass is 32.2. The van der Waals surface area contributed by atoms with Gasteiger partial charge in [-0.3, -0.25) is 4.79 Å². The highest BCUT2D eigenvalue weighted by Crippen LogP contribution is 2.20. The first-order chi connectivity index (χ1) is 12.0. The zero-order valence-electron chi connectivity index (χ0n) is 13.9. The second-order valence-corrected chi connectivity index (χ2v) is 8.01. The summed E-state index contributed by atoms with van der Waals surface area (Å²) < 4.78 is 27.7. The topological polar surface area (TPSA) is 75.3 Å². The van der Waals surface area contributed by atoms with Gasteiger partial charge in [0.25, 0.3) is 5.91 Å². The van der Waals surface area contributed by atoms with E-state index in [4.69, 9.17) is 0 Å². The lowest BCUT2D eigenvalue weighted by Crippen LogP contribution is -2.32. The number of carbonyl (C=O) groups is 1. The quantitative estimate of drug-likeness (QED) is 0.834. The van der Waals surface area contributed by atoms with Crippen molar-refractivity contribution in [2.24, 2.45) is 0 Å². The van der Waals surface area contributed by atoms with Crippen LogP contribution in [0.4, 0.5) is 0 Å². The molecule has 0 atom stereocenters. The lowest BCUT2D eigenvalue weighted by molar-refractivity contribution is 0.0950. The molecule has 0 bridgehead atoms. The fraction of sp³-hybridized carbons (Fsp3) is 0.316. The van der Waals surface area contributed by atoms with Gasteiger partial charge >= 0.3 is 0 Å². The van der Waals surface area contributed by atoms with E-state index in [0.29, 0.717) is 12.1 Å². The molecule has 0 spiro atoms. The minimum Gasteiger partial charge on any atom is -0.348 e. The fourth-order valence-corrected chi connectivity index (χ4v) is 4.37. The van der Waals surface area contributed by atoms with Crippen LogP contribution in [0, 0.1) is 0 Å².